The van der Waals surface area contributed by atoms with Crippen LogP contribution in [0.15, 0.2) is 30.3 Å². The van der Waals surface area contributed by atoms with E-state index >= 15 is 0 Å². The van der Waals surface area contributed by atoms with Crippen molar-refractivity contribution in [1.29, 1.82) is 0 Å². The minimum Gasteiger partial charge on any atom is -0.478 e. The smallest absolute Gasteiger partial charge is 0.328 e. The first-order valence-corrected chi connectivity index (χ1v) is 7.31. The molecule has 1 aliphatic rings. The molecule has 0 heterocycles. The molecular weight excluding hydrogens is 266 g/mol. The minimum absolute atomic E-state index is 0.185. The zero-order valence-electron chi connectivity index (χ0n) is 12.3. The van der Waals surface area contributed by atoms with Gasteiger partial charge in [-0.3, -0.25) is 4.79 Å². The molecule has 1 amide bonds. The largest absolute Gasteiger partial charge is 0.478 e. The van der Waals surface area contributed by atoms with Gasteiger partial charge >= 0.3 is 5.97 Å². The average Bonchev–Trinajstić information content (AvgIpc) is 2.98. The Morgan fingerprint density at radius 3 is 2.71 bits per heavy atom. The standard InChI is InChI=1S/C17H21NO3/c1-18(17(21)15-7-2-3-8-15)12-14-6-4-5-13(11-14)9-10-16(19)20/h4-6,9-11,15H,2-3,7-8,12H2,1H3,(H,19,20). The molecule has 1 N–H and O–H groups in total. The van der Waals surface area contributed by atoms with Crippen molar-refractivity contribution < 1.29 is 14.7 Å². The summed E-state index contributed by atoms with van der Waals surface area (Å²) in [7, 11) is 1.83. The SMILES string of the molecule is CN(Cc1cccc(C=CC(=O)O)c1)C(=O)C1CCCC1. The maximum atomic E-state index is 12.3. The van der Waals surface area contributed by atoms with E-state index in [4.69, 9.17) is 5.11 Å². The van der Waals surface area contributed by atoms with Crippen molar-refractivity contribution >= 4 is 18.0 Å². The number of amides is 1. The molecule has 0 aliphatic heterocycles. The summed E-state index contributed by atoms with van der Waals surface area (Å²) in [5.74, 6) is -0.557. The van der Waals surface area contributed by atoms with Gasteiger partial charge in [0.2, 0.25) is 5.91 Å². The van der Waals surface area contributed by atoms with Gasteiger partial charge in [-0.2, -0.15) is 0 Å². The van der Waals surface area contributed by atoms with E-state index in [9.17, 15) is 9.59 Å². The molecule has 21 heavy (non-hydrogen) atoms. The number of carbonyl (C=O) groups is 2. The van der Waals surface area contributed by atoms with Crippen LogP contribution in [0.25, 0.3) is 6.08 Å². The molecule has 1 aromatic carbocycles. The van der Waals surface area contributed by atoms with Gasteiger partial charge in [0.05, 0.1) is 0 Å². The summed E-state index contributed by atoms with van der Waals surface area (Å²) in [6.45, 7) is 0.560. The zero-order valence-corrected chi connectivity index (χ0v) is 12.3. The minimum atomic E-state index is -0.964. The van der Waals surface area contributed by atoms with Gasteiger partial charge in [-0.05, 0) is 36.1 Å². The van der Waals surface area contributed by atoms with Crippen LogP contribution in [-0.2, 0) is 16.1 Å². The predicted molar refractivity (Wildman–Crippen MR) is 81.5 cm³/mol. The Morgan fingerprint density at radius 2 is 2.05 bits per heavy atom. The number of benzene rings is 1. The third kappa shape index (κ3) is 4.45. The zero-order chi connectivity index (χ0) is 15.2. The molecule has 1 aliphatic carbocycles. The molecule has 0 unspecified atom stereocenters. The molecule has 0 spiro atoms. The summed E-state index contributed by atoms with van der Waals surface area (Å²) in [4.78, 5) is 24.6. The third-order valence-electron chi connectivity index (χ3n) is 3.87. The number of hydrogen-bond donors (Lipinski definition) is 1. The monoisotopic (exact) mass is 287 g/mol. The number of carbonyl (C=O) groups excluding carboxylic acids is 1. The molecule has 4 heteroatoms. The predicted octanol–water partition coefficient (Wildman–Crippen LogP) is 2.93. The van der Waals surface area contributed by atoms with E-state index in [1.165, 1.54) is 0 Å². The van der Waals surface area contributed by atoms with E-state index in [1.807, 2.05) is 31.3 Å². The molecule has 0 radical (unpaired) electrons. The van der Waals surface area contributed by atoms with Crippen LogP contribution in [0.3, 0.4) is 0 Å². The first kappa shape index (κ1) is 15.3. The van der Waals surface area contributed by atoms with E-state index < -0.39 is 5.97 Å². The molecular formula is C17H21NO3. The van der Waals surface area contributed by atoms with Crippen molar-refractivity contribution in [1.82, 2.24) is 4.90 Å². The summed E-state index contributed by atoms with van der Waals surface area (Å²) in [6.07, 6.45) is 6.99. The summed E-state index contributed by atoms with van der Waals surface area (Å²) in [5.41, 5.74) is 1.84. The lowest BCUT2D eigenvalue weighted by molar-refractivity contribution is -0.134. The van der Waals surface area contributed by atoms with Crippen molar-refractivity contribution in [3.63, 3.8) is 0 Å². The molecule has 112 valence electrons. The highest BCUT2D eigenvalue weighted by atomic mass is 16.4. The van der Waals surface area contributed by atoms with Gasteiger partial charge in [0.1, 0.15) is 0 Å². The van der Waals surface area contributed by atoms with Gasteiger partial charge in [0.25, 0.3) is 0 Å². The fourth-order valence-corrected chi connectivity index (χ4v) is 2.80. The van der Waals surface area contributed by atoms with Crippen molar-refractivity contribution in [2.45, 2.75) is 32.2 Å². The number of carboxylic acid groups (broad SMARTS) is 1. The first-order chi connectivity index (χ1) is 10.1. The van der Waals surface area contributed by atoms with Crippen LogP contribution in [0.5, 0.6) is 0 Å². The Kier molecular flexibility index (Phi) is 5.14. The average molecular weight is 287 g/mol. The molecule has 0 aromatic heterocycles. The highest BCUT2D eigenvalue weighted by Gasteiger charge is 2.25. The van der Waals surface area contributed by atoms with Crippen LogP contribution in [0.4, 0.5) is 0 Å². The molecule has 0 bridgehead atoms. The Hall–Kier alpha value is -2.10. The molecule has 2 rings (SSSR count). The number of hydrogen-bond acceptors (Lipinski definition) is 2. The summed E-state index contributed by atoms with van der Waals surface area (Å²) in [5, 5.41) is 8.64. The normalized spacial score (nSPS) is 15.5. The maximum Gasteiger partial charge on any atom is 0.328 e. The Morgan fingerprint density at radius 1 is 1.33 bits per heavy atom. The van der Waals surface area contributed by atoms with Crippen molar-refractivity contribution in [3.05, 3.63) is 41.5 Å². The third-order valence-corrected chi connectivity index (χ3v) is 3.87. The highest BCUT2D eigenvalue weighted by Crippen LogP contribution is 2.26. The molecule has 1 saturated carbocycles. The van der Waals surface area contributed by atoms with Gasteiger partial charge in [-0.1, -0.05) is 31.0 Å². The quantitative estimate of drug-likeness (QED) is 0.847. The Bertz CT molecular complexity index is 545. The number of nitrogens with zero attached hydrogens (tertiary/aromatic N) is 1. The summed E-state index contributed by atoms with van der Waals surface area (Å²) in [6, 6.07) is 7.60. The molecule has 0 saturated heterocycles. The highest BCUT2D eigenvalue weighted by molar-refractivity contribution is 5.85. The second-order valence-electron chi connectivity index (χ2n) is 5.59. The number of aliphatic carboxylic acids is 1. The molecule has 4 nitrogen and oxygen atoms in total. The topological polar surface area (TPSA) is 57.6 Å². The lowest BCUT2D eigenvalue weighted by Gasteiger charge is -2.21. The number of carboxylic acids is 1. The fourth-order valence-electron chi connectivity index (χ4n) is 2.80. The van der Waals surface area contributed by atoms with Crippen LogP contribution in [-0.4, -0.2) is 28.9 Å². The van der Waals surface area contributed by atoms with E-state index in [0.717, 1.165) is 42.9 Å². The van der Waals surface area contributed by atoms with Crippen LogP contribution in [0.1, 0.15) is 36.8 Å². The Labute approximate surface area is 125 Å². The van der Waals surface area contributed by atoms with Crippen LogP contribution in [0.2, 0.25) is 0 Å². The molecule has 1 fully saturated rings. The number of rotatable bonds is 5. The van der Waals surface area contributed by atoms with Gasteiger partial charge in [0, 0.05) is 25.6 Å². The van der Waals surface area contributed by atoms with E-state index in [2.05, 4.69) is 0 Å². The van der Waals surface area contributed by atoms with E-state index in [0.29, 0.717) is 6.54 Å². The van der Waals surface area contributed by atoms with Crippen LogP contribution >= 0.6 is 0 Å². The fraction of sp³-hybridized carbons (Fsp3) is 0.412. The van der Waals surface area contributed by atoms with Crippen molar-refractivity contribution in [3.8, 4) is 0 Å². The van der Waals surface area contributed by atoms with Crippen LogP contribution in [0, 0.1) is 5.92 Å². The van der Waals surface area contributed by atoms with Crippen LogP contribution < -0.4 is 0 Å². The van der Waals surface area contributed by atoms with Gasteiger partial charge in [0.15, 0.2) is 0 Å². The Balaban J connectivity index is 2.00. The van der Waals surface area contributed by atoms with Gasteiger partial charge in [-0.15, -0.1) is 0 Å². The molecule has 1 aromatic rings. The second-order valence-corrected chi connectivity index (χ2v) is 5.59. The van der Waals surface area contributed by atoms with Gasteiger partial charge < -0.3 is 10.0 Å². The van der Waals surface area contributed by atoms with Gasteiger partial charge in [-0.25, -0.2) is 4.79 Å². The van der Waals surface area contributed by atoms with E-state index in [-0.39, 0.29) is 11.8 Å². The summed E-state index contributed by atoms with van der Waals surface area (Å²) >= 11 is 0. The summed E-state index contributed by atoms with van der Waals surface area (Å²) < 4.78 is 0. The maximum absolute atomic E-state index is 12.3. The second kappa shape index (κ2) is 7.07. The van der Waals surface area contributed by atoms with E-state index in [1.54, 1.807) is 11.0 Å². The molecule has 0 atom stereocenters. The van der Waals surface area contributed by atoms with Crippen molar-refractivity contribution in [2.24, 2.45) is 5.92 Å². The first-order valence-electron chi connectivity index (χ1n) is 7.31. The van der Waals surface area contributed by atoms with Crippen molar-refractivity contribution in [2.75, 3.05) is 7.05 Å². The lowest BCUT2D eigenvalue weighted by Crippen LogP contribution is -2.31. The lowest BCUT2D eigenvalue weighted by atomic mass is 10.1.